The molecule has 0 atom stereocenters. The van der Waals surface area contributed by atoms with Gasteiger partial charge in [0, 0.05) is 24.2 Å². The van der Waals surface area contributed by atoms with E-state index in [1.807, 2.05) is 79.7 Å². The summed E-state index contributed by atoms with van der Waals surface area (Å²) in [4.78, 5) is 32.6. The number of carbonyl (C=O) groups excluding carboxylic acids is 1. The van der Waals surface area contributed by atoms with Gasteiger partial charge < -0.3 is 4.90 Å². The Morgan fingerprint density at radius 2 is 1.63 bits per heavy atom. The molecule has 1 aliphatic rings. The first kappa shape index (κ1) is 18.3. The number of nitrogens with zero attached hydrogens (tertiary/aromatic N) is 3. The van der Waals surface area contributed by atoms with Gasteiger partial charge in [0.15, 0.2) is 0 Å². The number of rotatable bonds is 2. The Labute approximate surface area is 174 Å². The second-order valence-corrected chi connectivity index (χ2v) is 7.62. The smallest absolute Gasteiger partial charge is 0.263 e. The molecule has 1 aliphatic heterocycles. The van der Waals surface area contributed by atoms with Gasteiger partial charge in [-0.05, 0) is 42.3 Å². The van der Waals surface area contributed by atoms with E-state index in [0.29, 0.717) is 29.7 Å². The quantitative estimate of drug-likeness (QED) is 0.518. The molecule has 0 radical (unpaired) electrons. The third-order valence-electron chi connectivity index (χ3n) is 5.72. The maximum atomic E-state index is 13.1. The van der Waals surface area contributed by atoms with Gasteiger partial charge in [0.25, 0.3) is 11.5 Å². The summed E-state index contributed by atoms with van der Waals surface area (Å²) in [6.45, 7) is 2.74. The van der Waals surface area contributed by atoms with Gasteiger partial charge >= 0.3 is 0 Å². The van der Waals surface area contributed by atoms with E-state index in [1.54, 1.807) is 9.30 Å². The van der Waals surface area contributed by atoms with Crippen LogP contribution in [-0.4, -0.2) is 26.7 Å². The fraction of sp³-hybridized carbons (Fsp3) is 0.160. The van der Waals surface area contributed by atoms with Gasteiger partial charge in [-0.3, -0.25) is 14.0 Å². The van der Waals surface area contributed by atoms with Crippen molar-refractivity contribution in [3.63, 3.8) is 0 Å². The predicted octanol–water partition coefficient (Wildman–Crippen LogP) is 3.87. The molecular weight excluding hydrogens is 374 g/mol. The first-order valence-electron chi connectivity index (χ1n) is 10.1. The molecule has 0 unspecified atom stereocenters. The summed E-state index contributed by atoms with van der Waals surface area (Å²) in [7, 11) is 0. The fourth-order valence-electron chi connectivity index (χ4n) is 4.09. The third-order valence-corrected chi connectivity index (χ3v) is 5.72. The molecule has 2 aromatic carbocycles. The van der Waals surface area contributed by atoms with Crippen LogP contribution in [0.5, 0.6) is 0 Å². The largest absolute Gasteiger partial charge is 0.334 e. The second kappa shape index (κ2) is 7.26. The van der Waals surface area contributed by atoms with Gasteiger partial charge in [0.05, 0.1) is 17.8 Å². The number of amides is 1. The highest BCUT2D eigenvalue weighted by atomic mass is 16.2. The average Bonchev–Trinajstić information content (AvgIpc) is 2.79. The van der Waals surface area contributed by atoms with Crippen molar-refractivity contribution < 1.29 is 4.79 Å². The zero-order valence-corrected chi connectivity index (χ0v) is 16.7. The van der Waals surface area contributed by atoms with Crippen LogP contribution in [0.4, 0.5) is 0 Å². The van der Waals surface area contributed by atoms with Crippen molar-refractivity contribution in [3.05, 3.63) is 106 Å². The summed E-state index contributed by atoms with van der Waals surface area (Å²) in [5, 5.41) is 0. The standard InChI is InChI=1S/C25H21N3O2/c1-17-6-5-9-23-26-22-14-15-27(16-21(22)25(30)28(17)23)24(29)20-12-10-19(11-13-20)18-7-3-2-4-8-18/h2-13H,14-16H2,1H3. The molecule has 2 aromatic heterocycles. The molecule has 0 saturated carbocycles. The Balaban J connectivity index is 1.44. The van der Waals surface area contributed by atoms with Crippen LogP contribution >= 0.6 is 0 Å². The van der Waals surface area contributed by atoms with Crippen molar-refractivity contribution in [3.8, 4) is 11.1 Å². The highest BCUT2D eigenvalue weighted by molar-refractivity contribution is 5.94. The Bertz CT molecular complexity index is 1310. The lowest BCUT2D eigenvalue weighted by atomic mass is 10.0. The van der Waals surface area contributed by atoms with Crippen LogP contribution in [0.25, 0.3) is 16.8 Å². The van der Waals surface area contributed by atoms with E-state index in [-0.39, 0.29) is 18.0 Å². The van der Waals surface area contributed by atoms with Gasteiger partial charge in [-0.15, -0.1) is 0 Å². The molecule has 5 nitrogen and oxygen atoms in total. The number of aryl methyl sites for hydroxylation is 1. The number of carbonyl (C=O) groups is 1. The van der Waals surface area contributed by atoms with E-state index in [4.69, 9.17) is 0 Å². The number of hydrogen-bond acceptors (Lipinski definition) is 3. The van der Waals surface area contributed by atoms with E-state index >= 15 is 0 Å². The Hall–Kier alpha value is -3.73. The summed E-state index contributed by atoms with van der Waals surface area (Å²) in [6.07, 6.45) is 0.586. The van der Waals surface area contributed by atoms with Gasteiger partial charge in [-0.2, -0.15) is 0 Å². The summed E-state index contributed by atoms with van der Waals surface area (Å²) in [5.41, 5.74) is 5.65. The molecule has 3 heterocycles. The molecule has 5 rings (SSSR count). The zero-order valence-electron chi connectivity index (χ0n) is 16.7. The van der Waals surface area contributed by atoms with Crippen LogP contribution < -0.4 is 5.56 Å². The van der Waals surface area contributed by atoms with E-state index in [0.717, 1.165) is 22.5 Å². The number of pyridine rings is 1. The van der Waals surface area contributed by atoms with E-state index < -0.39 is 0 Å². The Morgan fingerprint density at radius 1 is 0.900 bits per heavy atom. The van der Waals surface area contributed by atoms with Gasteiger partial charge in [-0.25, -0.2) is 4.98 Å². The first-order valence-corrected chi connectivity index (χ1v) is 10.1. The minimum absolute atomic E-state index is 0.0606. The maximum absolute atomic E-state index is 13.1. The van der Waals surface area contributed by atoms with Gasteiger partial charge in [-0.1, -0.05) is 48.5 Å². The summed E-state index contributed by atoms with van der Waals surface area (Å²) < 4.78 is 1.63. The van der Waals surface area contributed by atoms with Crippen LogP contribution in [0.3, 0.4) is 0 Å². The van der Waals surface area contributed by atoms with Crippen molar-refractivity contribution in [2.75, 3.05) is 6.54 Å². The summed E-state index contributed by atoms with van der Waals surface area (Å²) >= 11 is 0. The van der Waals surface area contributed by atoms with Crippen LogP contribution in [0.2, 0.25) is 0 Å². The molecule has 0 spiro atoms. The summed E-state index contributed by atoms with van der Waals surface area (Å²) in [6, 6.07) is 23.4. The highest BCUT2D eigenvalue weighted by Gasteiger charge is 2.26. The van der Waals surface area contributed by atoms with Crippen molar-refractivity contribution >= 4 is 11.6 Å². The average molecular weight is 395 g/mol. The maximum Gasteiger partial charge on any atom is 0.263 e. The number of benzene rings is 2. The molecule has 1 amide bonds. The Morgan fingerprint density at radius 3 is 2.40 bits per heavy atom. The Kier molecular flexibility index (Phi) is 4.43. The molecule has 5 heteroatoms. The van der Waals surface area contributed by atoms with Crippen LogP contribution in [0.15, 0.2) is 77.6 Å². The molecule has 0 bridgehead atoms. The van der Waals surface area contributed by atoms with Crippen molar-refractivity contribution in [1.29, 1.82) is 0 Å². The molecule has 148 valence electrons. The predicted molar refractivity (Wildman–Crippen MR) is 117 cm³/mol. The highest BCUT2D eigenvalue weighted by Crippen LogP contribution is 2.22. The number of hydrogen-bond donors (Lipinski definition) is 0. The van der Waals surface area contributed by atoms with Crippen molar-refractivity contribution in [2.24, 2.45) is 0 Å². The molecule has 0 N–H and O–H groups in total. The number of aromatic nitrogens is 2. The molecule has 0 aliphatic carbocycles. The second-order valence-electron chi connectivity index (χ2n) is 7.62. The first-order chi connectivity index (χ1) is 14.6. The minimum Gasteiger partial charge on any atom is -0.334 e. The lowest BCUT2D eigenvalue weighted by Gasteiger charge is -2.28. The molecule has 30 heavy (non-hydrogen) atoms. The lowest BCUT2D eigenvalue weighted by Crippen LogP contribution is -2.40. The topological polar surface area (TPSA) is 54.7 Å². The van der Waals surface area contributed by atoms with Gasteiger partial charge in [0.1, 0.15) is 5.65 Å². The van der Waals surface area contributed by atoms with Gasteiger partial charge in [0.2, 0.25) is 0 Å². The van der Waals surface area contributed by atoms with Crippen LogP contribution in [0, 0.1) is 6.92 Å². The van der Waals surface area contributed by atoms with Crippen molar-refractivity contribution in [2.45, 2.75) is 19.9 Å². The SMILES string of the molecule is Cc1cccc2nc3c(c(=O)n12)CN(C(=O)c1ccc(-c2ccccc2)cc1)CC3. The van der Waals surface area contributed by atoms with Crippen molar-refractivity contribution in [1.82, 2.24) is 14.3 Å². The van der Waals surface area contributed by atoms with Crippen LogP contribution in [-0.2, 0) is 13.0 Å². The van der Waals surface area contributed by atoms with E-state index in [9.17, 15) is 9.59 Å². The lowest BCUT2D eigenvalue weighted by molar-refractivity contribution is 0.0732. The van der Waals surface area contributed by atoms with E-state index in [1.165, 1.54) is 0 Å². The normalized spacial score (nSPS) is 13.3. The molecular formula is C25H21N3O2. The monoisotopic (exact) mass is 395 g/mol. The summed E-state index contributed by atoms with van der Waals surface area (Å²) in [5.74, 6) is -0.0606. The van der Waals surface area contributed by atoms with Crippen LogP contribution in [0.1, 0.15) is 27.3 Å². The van der Waals surface area contributed by atoms with E-state index in [2.05, 4.69) is 4.98 Å². The third kappa shape index (κ3) is 3.08. The molecule has 0 saturated heterocycles. The number of fused-ring (bicyclic) bond motifs is 2. The zero-order chi connectivity index (χ0) is 20.7. The molecule has 4 aromatic rings. The fourth-order valence-corrected chi connectivity index (χ4v) is 4.09. The minimum atomic E-state index is -0.0787. The molecule has 0 fully saturated rings.